The molecule has 2 fully saturated rings. The molecule has 102 valence electrons. The van der Waals surface area contributed by atoms with E-state index in [1.54, 1.807) is 12.1 Å². The van der Waals surface area contributed by atoms with Crippen LogP contribution in [0.2, 0.25) is 0 Å². The van der Waals surface area contributed by atoms with Gasteiger partial charge in [-0.3, -0.25) is 4.79 Å². The van der Waals surface area contributed by atoms with Crippen LogP contribution in [-0.4, -0.2) is 11.9 Å². The fourth-order valence-corrected chi connectivity index (χ4v) is 3.61. The molecule has 0 aromatic heterocycles. The third-order valence-corrected chi connectivity index (χ3v) is 4.64. The zero-order valence-corrected chi connectivity index (χ0v) is 11.1. The third kappa shape index (κ3) is 2.96. The molecule has 2 nitrogen and oxygen atoms in total. The molecule has 2 bridgehead atoms. The number of fused-ring (bicyclic) bond motifs is 2. The fourth-order valence-electron chi connectivity index (χ4n) is 3.61. The summed E-state index contributed by atoms with van der Waals surface area (Å²) in [5.41, 5.74) is 1.02. The number of nitrogens with one attached hydrogen (secondary N) is 1. The number of benzene rings is 1. The standard InChI is InChI=1S/C16H20FNO/c17-14-6-2-11(3-7-14)4-8-16(19)18-15-10-12-1-5-13(15)9-12/h2-3,6-7,12-13,15H,1,4-5,8-10H2,(H,18,19)/t12-,13-,15+/m0/s1. The van der Waals surface area contributed by atoms with Crippen molar-refractivity contribution in [2.24, 2.45) is 11.8 Å². The molecule has 2 aliphatic rings. The van der Waals surface area contributed by atoms with Crippen LogP contribution < -0.4 is 5.32 Å². The normalized spacial score (nSPS) is 28.6. The molecule has 3 atom stereocenters. The van der Waals surface area contributed by atoms with E-state index in [1.165, 1.54) is 37.8 Å². The Labute approximate surface area is 113 Å². The molecule has 1 N–H and O–H groups in total. The summed E-state index contributed by atoms with van der Waals surface area (Å²) in [4.78, 5) is 11.9. The minimum atomic E-state index is -0.227. The lowest BCUT2D eigenvalue weighted by molar-refractivity contribution is -0.122. The van der Waals surface area contributed by atoms with Gasteiger partial charge in [0.05, 0.1) is 0 Å². The van der Waals surface area contributed by atoms with Gasteiger partial charge in [0.25, 0.3) is 0 Å². The van der Waals surface area contributed by atoms with Crippen molar-refractivity contribution in [3.63, 3.8) is 0 Å². The van der Waals surface area contributed by atoms with Crippen LogP contribution in [0.4, 0.5) is 4.39 Å². The maximum Gasteiger partial charge on any atom is 0.220 e. The van der Waals surface area contributed by atoms with Crippen LogP contribution in [0, 0.1) is 17.7 Å². The Morgan fingerprint density at radius 3 is 2.63 bits per heavy atom. The van der Waals surface area contributed by atoms with E-state index in [2.05, 4.69) is 5.32 Å². The van der Waals surface area contributed by atoms with Crippen molar-refractivity contribution in [2.45, 2.75) is 44.6 Å². The van der Waals surface area contributed by atoms with Crippen molar-refractivity contribution in [2.75, 3.05) is 0 Å². The summed E-state index contributed by atoms with van der Waals surface area (Å²) in [6, 6.07) is 6.81. The summed E-state index contributed by atoms with van der Waals surface area (Å²) in [6.07, 6.45) is 6.31. The second-order valence-electron chi connectivity index (χ2n) is 5.98. The van der Waals surface area contributed by atoms with Gasteiger partial charge in [0.15, 0.2) is 0 Å². The fraction of sp³-hybridized carbons (Fsp3) is 0.562. The van der Waals surface area contributed by atoms with Crippen molar-refractivity contribution < 1.29 is 9.18 Å². The zero-order valence-electron chi connectivity index (χ0n) is 11.1. The van der Waals surface area contributed by atoms with E-state index in [-0.39, 0.29) is 11.7 Å². The molecule has 2 aliphatic carbocycles. The van der Waals surface area contributed by atoms with Gasteiger partial charge in [0.1, 0.15) is 5.82 Å². The molecule has 0 aliphatic heterocycles. The number of amides is 1. The quantitative estimate of drug-likeness (QED) is 0.886. The van der Waals surface area contributed by atoms with Gasteiger partial charge in [-0.2, -0.15) is 0 Å². The molecule has 3 heteroatoms. The number of carbonyl (C=O) groups excluding carboxylic acids is 1. The maximum absolute atomic E-state index is 12.8. The maximum atomic E-state index is 12.8. The van der Waals surface area contributed by atoms with Gasteiger partial charge in [0.2, 0.25) is 5.91 Å². The molecule has 19 heavy (non-hydrogen) atoms. The van der Waals surface area contributed by atoms with Crippen molar-refractivity contribution in [1.82, 2.24) is 5.32 Å². The van der Waals surface area contributed by atoms with Gasteiger partial charge in [-0.1, -0.05) is 18.6 Å². The minimum Gasteiger partial charge on any atom is -0.353 e. The highest BCUT2D eigenvalue weighted by Gasteiger charge is 2.39. The van der Waals surface area contributed by atoms with Crippen molar-refractivity contribution in [3.05, 3.63) is 35.6 Å². The smallest absolute Gasteiger partial charge is 0.220 e. The molecule has 1 amide bonds. The van der Waals surface area contributed by atoms with Crippen molar-refractivity contribution in [3.8, 4) is 0 Å². The van der Waals surface area contributed by atoms with E-state index in [4.69, 9.17) is 0 Å². The number of carbonyl (C=O) groups is 1. The van der Waals surface area contributed by atoms with Crippen LogP contribution in [0.15, 0.2) is 24.3 Å². The largest absolute Gasteiger partial charge is 0.353 e. The van der Waals surface area contributed by atoms with E-state index >= 15 is 0 Å². The lowest BCUT2D eigenvalue weighted by Gasteiger charge is -2.22. The highest BCUT2D eigenvalue weighted by Crippen LogP contribution is 2.44. The lowest BCUT2D eigenvalue weighted by atomic mass is 9.95. The Bertz CT molecular complexity index is 456. The van der Waals surface area contributed by atoms with Crippen molar-refractivity contribution >= 4 is 5.91 Å². The predicted molar refractivity (Wildman–Crippen MR) is 72.1 cm³/mol. The summed E-state index contributed by atoms with van der Waals surface area (Å²) >= 11 is 0. The molecule has 0 spiro atoms. The van der Waals surface area contributed by atoms with Crippen LogP contribution in [0.5, 0.6) is 0 Å². The summed E-state index contributed by atoms with van der Waals surface area (Å²) in [5, 5.41) is 3.18. The molecule has 3 rings (SSSR count). The highest BCUT2D eigenvalue weighted by molar-refractivity contribution is 5.76. The SMILES string of the molecule is O=C(CCc1ccc(F)cc1)N[C@@H]1C[C@H]2CC[C@H]1C2. The number of rotatable bonds is 4. The van der Waals surface area contributed by atoms with Crippen LogP contribution in [0.1, 0.15) is 37.7 Å². The number of hydrogen-bond acceptors (Lipinski definition) is 1. The molecule has 2 saturated carbocycles. The molecule has 0 radical (unpaired) electrons. The third-order valence-electron chi connectivity index (χ3n) is 4.64. The van der Waals surface area contributed by atoms with Gasteiger partial charge in [-0.25, -0.2) is 4.39 Å². The Morgan fingerprint density at radius 1 is 1.21 bits per heavy atom. The van der Waals surface area contributed by atoms with Gasteiger partial charge in [-0.05, 0) is 55.2 Å². The first-order valence-electron chi connectivity index (χ1n) is 7.24. The average molecular weight is 261 g/mol. The summed E-state index contributed by atoms with van der Waals surface area (Å²) in [5.74, 6) is 1.49. The van der Waals surface area contributed by atoms with E-state index < -0.39 is 0 Å². The molecular weight excluding hydrogens is 241 g/mol. The molecule has 0 saturated heterocycles. The molecule has 1 aromatic rings. The minimum absolute atomic E-state index is 0.141. The van der Waals surface area contributed by atoms with E-state index in [9.17, 15) is 9.18 Å². The van der Waals surface area contributed by atoms with E-state index in [0.29, 0.717) is 18.9 Å². The molecule has 0 heterocycles. The van der Waals surface area contributed by atoms with Gasteiger partial charge in [0, 0.05) is 12.5 Å². The topological polar surface area (TPSA) is 29.1 Å². The summed E-state index contributed by atoms with van der Waals surface area (Å²) in [7, 11) is 0. The Hall–Kier alpha value is -1.38. The summed E-state index contributed by atoms with van der Waals surface area (Å²) < 4.78 is 12.8. The number of halogens is 1. The first kappa shape index (κ1) is 12.6. The first-order chi connectivity index (χ1) is 9.20. The molecule has 1 aromatic carbocycles. The highest BCUT2D eigenvalue weighted by atomic mass is 19.1. The van der Waals surface area contributed by atoms with Crippen LogP contribution in [0.3, 0.4) is 0 Å². The Morgan fingerprint density at radius 2 is 2.00 bits per heavy atom. The van der Waals surface area contributed by atoms with Gasteiger partial charge in [-0.15, -0.1) is 0 Å². The first-order valence-corrected chi connectivity index (χ1v) is 7.24. The second-order valence-corrected chi connectivity index (χ2v) is 5.98. The Kier molecular flexibility index (Phi) is 3.54. The van der Waals surface area contributed by atoms with Crippen LogP contribution >= 0.6 is 0 Å². The van der Waals surface area contributed by atoms with E-state index in [1.807, 2.05) is 0 Å². The number of aryl methyl sites for hydroxylation is 1. The lowest BCUT2D eigenvalue weighted by Crippen LogP contribution is -2.38. The molecule has 0 unspecified atom stereocenters. The van der Waals surface area contributed by atoms with Crippen LogP contribution in [-0.2, 0) is 11.2 Å². The predicted octanol–water partition coefficient (Wildman–Crippen LogP) is 3.06. The monoisotopic (exact) mass is 261 g/mol. The number of hydrogen-bond donors (Lipinski definition) is 1. The van der Waals surface area contributed by atoms with Crippen molar-refractivity contribution in [1.29, 1.82) is 0 Å². The summed E-state index contributed by atoms with van der Waals surface area (Å²) in [6.45, 7) is 0. The van der Waals surface area contributed by atoms with E-state index in [0.717, 1.165) is 17.4 Å². The molecular formula is C16H20FNO. The Balaban J connectivity index is 1.45. The van der Waals surface area contributed by atoms with Crippen LogP contribution in [0.25, 0.3) is 0 Å². The van der Waals surface area contributed by atoms with Gasteiger partial charge < -0.3 is 5.32 Å². The zero-order chi connectivity index (χ0) is 13.2. The average Bonchev–Trinajstić information content (AvgIpc) is 3.00. The second kappa shape index (κ2) is 5.32. The van der Waals surface area contributed by atoms with Gasteiger partial charge >= 0.3 is 0 Å².